The summed E-state index contributed by atoms with van der Waals surface area (Å²) in [5.41, 5.74) is 1.96. The molecule has 0 saturated heterocycles. The lowest BCUT2D eigenvalue weighted by molar-refractivity contribution is 0.102. The van der Waals surface area contributed by atoms with Crippen LogP contribution in [0, 0.1) is 12.7 Å². The molecule has 0 radical (unpaired) electrons. The second kappa shape index (κ2) is 11.1. The molecule has 4 heterocycles. The molecule has 0 saturated carbocycles. The minimum absolute atomic E-state index is 0.0357. The molecule has 0 spiro atoms. The van der Waals surface area contributed by atoms with Crippen LogP contribution >= 0.6 is 0 Å². The number of nitrogens with zero attached hydrogens (tertiary/aromatic N) is 3. The van der Waals surface area contributed by atoms with Crippen molar-refractivity contribution >= 4 is 22.6 Å². The maximum atomic E-state index is 15.2. The number of hydrogen-bond acceptors (Lipinski definition) is 8. The first-order valence-corrected chi connectivity index (χ1v) is 12.7. The van der Waals surface area contributed by atoms with Gasteiger partial charge in [0.15, 0.2) is 23.1 Å². The van der Waals surface area contributed by atoms with Crippen molar-refractivity contribution in [2.75, 3.05) is 19.5 Å². The van der Waals surface area contributed by atoms with E-state index in [1.807, 2.05) is 6.92 Å². The lowest BCUT2D eigenvalue weighted by atomic mass is 10.0. The Morgan fingerprint density at radius 1 is 1.10 bits per heavy atom. The van der Waals surface area contributed by atoms with Crippen LogP contribution < -0.4 is 25.0 Å². The summed E-state index contributed by atoms with van der Waals surface area (Å²) in [6, 6.07) is 10.5. The van der Waals surface area contributed by atoms with Crippen LogP contribution in [0.3, 0.4) is 0 Å². The standard InChI is InChI=1S/C30H27FN4O6/c1-6-20-26(28(36)25(16(2)35(20)3)22-8-7-13-40-22)29(37)33-17-9-10-21(18(31)14-17)41-23-11-12-32-19-15-24(38-4)30(39-5)34-27(19)23/h7-15H,6H2,1-5H3,(H,33,37). The number of pyridine rings is 3. The molecule has 0 fully saturated rings. The molecule has 4 aromatic heterocycles. The fourth-order valence-electron chi connectivity index (χ4n) is 4.68. The highest BCUT2D eigenvalue weighted by Crippen LogP contribution is 2.35. The largest absolute Gasteiger partial charge is 0.491 e. The number of carbonyl (C=O) groups excluding carboxylic acids is 1. The molecule has 41 heavy (non-hydrogen) atoms. The molecule has 0 unspecified atom stereocenters. The van der Waals surface area contributed by atoms with Crippen molar-refractivity contribution in [2.24, 2.45) is 7.05 Å². The number of benzene rings is 1. The summed E-state index contributed by atoms with van der Waals surface area (Å²) >= 11 is 0. The van der Waals surface area contributed by atoms with Crippen molar-refractivity contribution < 1.29 is 27.8 Å². The van der Waals surface area contributed by atoms with Gasteiger partial charge >= 0.3 is 0 Å². The van der Waals surface area contributed by atoms with E-state index in [1.54, 1.807) is 42.8 Å². The van der Waals surface area contributed by atoms with Gasteiger partial charge in [-0.05, 0) is 37.6 Å². The molecule has 5 rings (SSSR count). The summed E-state index contributed by atoms with van der Waals surface area (Å²) in [5, 5.41) is 2.65. The third-order valence-corrected chi connectivity index (χ3v) is 6.77. The van der Waals surface area contributed by atoms with E-state index in [9.17, 15) is 9.59 Å². The average molecular weight is 559 g/mol. The third kappa shape index (κ3) is 4.97. The van der Waals surface area contributed by atoms with Gasteiger partial charge in [0, 0.05) is 48.5 Å². The summed E-state index contributed by atoms with van der Waals surface area (Å²) in [6.07, 6.45) is 3.40. The van der Waals surface area contributed by atoms with E-state index in [2.05, 4.69) is 15.3 Å². The monoisotopic (exact) mass is 558 g/mol. The van der Waals surface area contributed by atoms with Crippen LogP contribution in [0.25, 0.3) is 22.4 Å². The Morgan fingerprint density at radius 2 is 1.90 bits per heavy atom. The van der Waals surface area contributed by atoms with Crippen molar-refractivity contribution in [1.29, 1.82) is 0 Å². The minimum atomic E-state index is -0.739. The second-order valence-corrected chi connectivity index (χ2v) is 9.08. The Bertz CT molecular complexity index is 1830. The van der Waals surface area contributed by atoms with Gasteiger partial charge in [-0.25, -0.2) is 9.37 Å². The summed E-state index contributed by atoms with van der Waals surface area (Å²) in [6.45, 7) is 3.65. The van der Waals surface area contributed by atoms with Gasteiger partial charge in [0.05, 0.1) is 31.6 Å². The molecule has 1 N–H and O–H groups in total. The molecule has 0 aliphatic carbocycles. The Hall–Kier alpha value is -5.19. The maximum Gasteiger partial charge on any atom is 0.261 e. The minimum Gasteiger partial charge on any atom is -0.491 e. The van der Waals surface area contributed by atoms with Gasteiger partial charge in [-0.3, -0.25) is 14.6 Å². The van der Waals surface area contributed by atoms with Crippen LogP contribution in [0.1, 0.15) is 28.7 Å². The highest BCUT2D eigenvalue weighted by molar-refractivity contribution is 6.05. The zero-order chi connectivity index (χ0) is 29.3. The fraction of sp³-hybridized carbons (Fsp3) is 0.200. The lowest BCUT2D eigenvalue weighted by Crippen LogP contribution is -2.29. The van der Waals surface area contributed by atoms with E-state index < -0.39 is 17.2 Å². The number of methoxy groups -OCH3 is 2. The normalized spacial score (nSPS) is 11.0. The molecule has 5 aromatic rings. The number of amides is 1. The molecule has 11 heteroatoms. The first-order valence-electron chi connectivity index (χ1n) is 12.7. The van der Waals surface area contributed by atoms with Gasteiger partial charge in [0.2, 0.25) is 5.43 Å². The molecule has 0 bridgehead atoms. The number of nitrogens with one attached hydrogen (secondary N) is 1. The van der Waals surface area contributed by atoms with Crippen molar-refractivity contribution in [2.45, 2.75) is 20.3 Å². The van der Waals surface area contributed by atoms with E-state index in [4.69, 9.17) is 18.6 Å². The smallest absolute Gasteiger partial charge is 0.261 e. The molecule has 0 aliphatic heterocycles. The zero-order valence-corrected chi connectivity index (χ0v) is 23.1. The Morgan fingerprint density at radius 3 is 2.56 bits per heavy atom. The third-order valence-electron chi connectivity index (χ3n) is 6.77. The number of ether oxygens (including phenoxy) is 3. The Kier molecular flexibility index (Phi) is 7.43. The van der Waals surface area contributed by atoms with Gasteiger partial charge < -0.3 is 28.5 Å². The highest BCUT2D eigenvalue weighted by Gasteiger charge is 2.25. The van der Waals surface area contributed by atoms with Gasteiger partial charge in [-0.2, -0.15) is 0 Å². The van der Waals surface area contributed by atoms with Gasteiger partial charge in [0.1, 0.15) is 16.8 Å². The van der Waals surface area contributed by atoms with Crippen LogP contribution in [-0.4, -0.2) is 34.7 Å². The van der Waals surface area contributed by atoms with E-state index in [0.29, 0.717) is 45.9 Å². The molecular formula is C30H27FN4O6. The Balaban J connectivity index is 1.46. The molecule has 1 aromatic carbocycles. The highest BCUT2D eigenvalue weighted by atomic mass is 19.1. The van der Waals surface area contributed by atoms with Crippen LogP contribution in [0.15, 0.2) is 64.1 Å². The van der Waals surface area contributed by atoms with Crippen molar-refractivity contribution in [3.05, 3.63) is 87.9 Å². The number of halogens is 1. The van der Waals surface area contributed by atoms with E-state index >= 15 is 4.39 Å². The van der Waals surface area contributed by atoms with E-state index in [0.717, 1.165) is 6.07 Å². The van der Waals surface area contributed by atoms with Gasteiger partial charge in [0.25, 0.3) is 11.8 Å². The SMILES string of the molecule is CCc1c(C(=O)Nc2ccc(Oc3ccnc4cc(OC)c(OC)nc34)c(F)c2)c(=O)c(-c2ccco2)c(C)n1C. The first-order chi connectivity index (χ1) is 19.8. The zero-order valence-electron chi connectivity index (χ0n) is 23.1. The number of aromatic nitrogens is 3. The molecule has 1 amide bonds. The summed E-state index contributed by atoms with van der Waals surface area (Å²) in [7, 11) is 4.72. The predicted molar refractivity (Wildman–Crippen MR) is 151 cm³/mol. The topological polar surface area (TPSA) is 118 Å². The number of carbonyl (C=O) groups is 1. The van der Waals surface area contributed by atoms with Crippen molar-refractivity contribution in [3.63, 3.8) is 0 Å². The molecule has 0 atom stereocenters. The van der Waals surface area contributed by atoms with Crippen molar-refractivity contribution in [1.82, 2.24) is 14.5 Å². The molecule has 10 nitrogen and oxygen atoms in total. The van der Waals surface area contributed by atoms with Crippen LogP contribution in [0.2, 0.25) is 0 Å². The number of fused-ring (bicyclic) bond motifs is 1. The molecule has 210 valence electrons. The average Bonchev–Trinajstić information content (AvgIpc) is 3.50. The number of rotatable bonds is 8. The molecular weight excluding hydrogens is 531 g/mol. The number of furan rings is 1. The lowest BCUT2D eigenvalue weighted by Gasteiger charge is -2.18. The number of anilines is 1. The fourth-order valence-corrected chi connectivity index (χ4v) is 4.68. The molecule has 0 aliphatic rings. The summed E-state index contributed by atoms with van der Waals surface area (Å²) in [5.74, 6) is -0.282. The van der Waals surface area contributed by atoms with Gasteiger partial charge in [-0.1, -0.05) is 6.92 Å². The van der Waals surface area contributed by atoms with Crippen LogP contribution in [0.4, 0.5) is 10.1 Å². The summed E-state index contributed by atoms with van der Waals surface area (Å²) < 4.78 is 38.8. The quantitative estimate of drug-likeness (QED) is 0.259. The van der Waals surface area contributed by atoms with E-state index in [1.165, 1.54) is 38.8 Å². The second-order valence-electron chi connectivity index (χ2n) is 9.08. The Labute approximate surface area is 234 Å². The summed E-state index contributed by atoms with van der Waals surface area (Å²) in [4.78, 5) is 35.6. The van der Waals surface area contributed by atoms with E-state index in [-0.39, 0.29) is 28.6 Å². The number of hydrogen-bond donors (Lipinski definition) is 1. The van der Waals surface area contributed by atoms with Crippen LogP contribution in [-0.2, 0) is 13.5 Å². The predicted octanol–water partition coefficient (Wildman–Crippen LogP) is 5.66. The first kappa shape index (κ1) is 27.4. The maximum absolute atomic E-state index is 15.2. The van der Waals surface area contributed by atoms with Gasteiger partial charge in [-0.15, -0.1) is 0 Å². The van der Waals surface area contributed by atoms with Crippen molar-refractivity contribution in [3.8, 4) is 34.5 Å². The van der Waals surface area contributed by atoms with Crippen LogP contribution in [0.5, 0.6) is 23.1 Å².